The summed E-state index contributed by atoms with van der Waals surface area (Å²) < 4.78 is 4.63. The molecule has 0 spiro atoms. The molecule has 0 radical (unpaired) electrons. The molecule has 1 amide bonds. The summed E-state index contributed by atoms with van der Waals surface area (Å²) >= 11 is 0. The number of alkyl carbamates (subject to hydrolysis) is 1. The van der Waals surface area contributed by atoms with Gasteiger partial charge in [0, 0.05) is 6.54 Å². The highest BCUT2D eigenvalue weighted by Crippen LogP contribution is 2.10. The van der Waals surface area contributed by atoms with E-state index in [9.17, 15) is 9.59 Å². The molecule has 1 atom stereocenters. The monoisotopic (exact) mass is 217 g/mol. The van der Waals surface area contributed by atoms with E-state index in [2.05, 4.69) is 10.1 Å². The molecule has 0 aliphatic rings. The van der Waals surface area contributed by atoms with Crippen molar-refractivity contribution in [2.75, 3.05) is 13.2 Å². The second-order valence-corrected chi connectivity index (χ2v) is 3.77. The Morgan fingerprint density at radius 3 is 2.40 bits per heavy atom. The number of carbonyl (C=O) groups excluding carboxylic acids is 1. The molecule has 5 heteroatoms. The summed E-state index contributed by atoms with van der Waals surface area (Å²) in [5, 5.41) is 11.3. The Bertz CT molecular complexity index is 215. The normalized spacial score (nSPS) is 12.3. The zero-order valence-electron chi connectivity index (χ0n) is 9.45. The van der Waals surface area contributed by atoms with Crippen LogP contribution in [0.1, 0.15) is 27.2 Å². The van der Waals surface area contributed by atoms with Crippen LogP contribution in [0.25, 0.3) is 0 Å². The first-order chi connectivity index (χ1) is 6.97. The lowest BCUT2D eigenvalue weighted by Gasteiger charge is -2.14. The third-order valence-corrected chi connectivity index (χ3v) is 1.87. The van der Waals surface area contributed by atoms with Crippen molar-refractivity contribution in [2.24, 2.45) is 11.8 Å². The lowest BCUT2D eigenvalue weighted by molar-refractivity contribution is -0.142. The smallest absolute Gasteiger partial charge is 0.407 e. The van der Waals surface area contributed by atoms with Crippen LogP contribution >= 0.6 is 0 Å². The Morgan fingerprint density at radius 1 is 1.40 bits per heavy atom. The number of amides is 1. The molecule has 0 fully saturated rings. The Kier molecular flexibility index (Phi) is 6.49. The zero-order valence-corrected chi connectivity index (χ0v) is 9.45. The molecule has 0 aliphatic heterocycles. The Labute approximate surface area is 89.8 Å². The Balaban J connectivity index is 3.96. The lowest BCUT2D eigenvalue weighted by atomic mass is 9.97. The minimum absolute atomic E-state index is 0.117. The lowest BCUT2D eigenvalue weighted by Crippen LogP contribution is -2.34. The van der Waals surface area contributed by atoms with Gasteiger partial charge in [0.15, 0.2) is 0 Å². The molecule has 0 aromatic rings. The summed E-state index contributed by atoms with van der Waals surface area (Å²) in [7, 11) is 0. The van der Waals surface area contributed by atoms with Crippen molar-refractivity contribution in [1.29, 1.82) is 0 Å². The highest BCUT2D eigenvalue weighted by Gasteiger charge is 2.19. The summed E-state index contributed by atoms with van der Waals surface area (Å²) in [6.45, 7) is 5.99. The van der Waals surface area contributed by atoms with Gasteiger partial charge in [0.2, 0.25) is 0 Å². The van der Waals surface area contributed by atoms with E-state index in [0.29, 0.717) is 6.42 Å². The van der Waals surface area contributed by atoms with E-state index in [-0.39, 0.29) is 19.1 Å². The number of rotatable bonds is 6. The summed E-state index contributed by atoms with van der Waals surface area (Å²) in [5.74, 6) is -1.15. The average molecular weight is 217 g/mol. The second kappa shape index (κ2) is 7.09. The van der Waals surface area contributed by atoms with Crippen molar-refractivity contribution in [2.45, 2.75) is 27.2 Å². The molecule has 0 saturated heterocycles. The summed E-state index contributed by atoms with van der Waals surface area (Å²) in [6.07, 6.45) is -0.0191. The standard InChI is InChI=1S/C10H19NO4/c1-4-15-10(14)11-6-8(9(12)13)5-7(2)3/h7-8H,4-6H2,1-3H3,(H,11,14)(H,12,13)/t8-/m1/s1. The van der Waals surface area contributed by atoms with Gasteiger partial charge in [-0.1, -0.05) is 13.8 Å². The van der Waals surface area contributed by atoms with Crippen molar-refractivity contribution in [1.82, 2.24) is 5.32 Å². The van der Waals surface area contributed by atoms with Crippen molar-refractivity contribution < 1.29 is 19.4 Å². The van der Waals surface area contributed by atoms with E-state index < -0.39 is 18.0 Å². The summed E-state index contributed by atoms with van der Waals surface area (Å²) in [5.41, 5.74) is 0. The van der Waals surface area contributed by atoms with Crippen LogP contribution in [0.3, 0.4) is 0 Å². The molecule has 0 aliphatic carbocycles. The first-order valence-electron chi connectivity index (χ1n) is 5.10. The molecule has 5 nitrogen and oxygen atoms in total. The van der Waals surface area contributed by atoms with Gasteiger partial charge in [0.25, 0.3) is 0 Å². The molecule has 88 valence electrons. The van der Waals surface area contributed by atoms with Gasteiger partial charge in [0.05, 0.1) is 12.5 Å². The van der Waals surface area contributed by atoms with Gasteiger partial charge in [-0.15, -0.1) is 0 Å². The maximum absolute atomic E-state index is 10.9. The Morgan fingerprint density at radius 2 is 2.00 bits per heavy atom. The van der Waals surface area contributed by atoms with Crippen LogP contribution in [-0.4, -0.2) is 30.3 Å². The summed E-state index contributed by atoms with van der Waals surface area (Å²) in [4.78, 5) is 21.7. The third-order valence-electron chi connectivity index (χ3n) is 1.87. The van der Waals surface area contributed by atoms with Crippen LogP contribution in [0.15, 0.2) is 0 Å². The number of nitrogens with one attached hydrogen (secondary N) is 1. The van der Waals surface area contributed by atoms with E-state index in [1.165, 1.54) is 0 Å². The predicted octanol–water partition coefficient (Wildman–Crippen LogP) is 1.48. The number of aliphatic carboxylic acids is 1. The predicted molar refractivity (Wildman–Crippen MR) is 55.6 cm³/mol. The largest absolute Gasteiger partial charge is 0.481 e. The van der Waals surface area contributed by atoms with Crippen LogP contribution in [0, 0.1) is 11.8 Å². The van der Waals surface area contributed by atoms with Crippen molar-refractivity contribution in [3.8, 4) is 0 Å². The maximum Gasteiger partial charge on any atom is 0.407 e. The quantitative estimate of drug-likeness (QED) is 0.706. The van der Waals surface area contributed by atoms with Gasteiger partial charge in [-0.05, 0) is 19.3 Å². The number of carboxylic acid groups (broad SMARTS) is 1. The fraction of sp³-hybridized carbons (Fsp3) is 0.800. The number of ether oxygens (including phenoxy) is 1. The first-order valence-corrected chi connectivity index (χ1v) is 5.10. The van der Waals surface area contributed by atoms with Gasteiger partial charge >= 0.3 is 12.1 Å². The molecule has 0 saturated carbocycles. The SMILES string of the molecule is CCOC(=O)NC[C@@H](CC(C)C)C(=O)O. The third kappa shape index (κ3) is 6.76. The molecular weight excluding hydrogens is 198 g/mol. The van der Waals surface area contributed by atoms with Crippen LogP contribution in [0.5, 0.6) is 0 Å². The van der Waals surface area contributed by atoms with Gasteiger partial charge in [-0.2, -0.15) is 0 Å². The molecule has 0 aromatic carbocycles. The second-order valence-electron chi connectivity index (χ2n) is 3.77. The number of hydrogen-bond donors (Lipinski definition) is 2. The zero-order chi connectivity index (χ0) is 11.8. The van der Waals surface area contributed by atoms with Gasteiger partial charge < -0.3 is 15.2 Å². The molecular formula is C10H19NO4. The molecule has 0 unspecified atom stereocenters. The number of hydrogen-bond acceptors (Lipinski definition) is 3. The minimum atomic E-state index is -0.888. The molecule has 0 bridgehead atoms. The topological polar surface area (TPSA) is 75.6 Å². The van der Waals surface area contributed by atoms with Gasteiger partial charge in [-0.25, -0.2) is 4.79 Å². The summed E-state index contributed by atoms with van der Waals surface area (Å²) in [6, 6.07) is 0. The van der Waals surface area contributed by atoms with E-state index in [4.69, 9.17) is 5.11 Å². The fourth-order valence-electron chi connectivity index (χ4n) is 1.23. The Hall–Kier alpha value is -1.26. The molecule has 0 rings (SSSR count). The molecule has 0 heterocycles. The minimum Gasteiger partial charge on any atom is -0.481 e. The fourth-order valence-corrected chi connectivity index (χ4v) is 1.23. The van der Waals surface area contributed by atoms with E-state index in [0.717, 1.165) is 0 Å². The highest BCUT2D eigenvalue weighted by atomic mass is 16.5. The van der Waals surface area contributed by atoms with Gasteiger partial charge in [0.1, 0.15) is 0 Å². The van der Waals surface area contributed by atoms with Crippen molar-refractivity contribution in [3.63, 3.8) is 0 Å². The van der Waals surface area contributed by atoms with Crippen LogP contribution in [-0.2, 0) is 9.53 Å². The molecule has 15 heavy (non-hydrogen) atoms. The van der Waals surface area contributed by atoms with Crippen LogP contribution in [0.4, 0.5) is 4.79 Å². The molecule has 0 aromatic heterocycles. The van der Waals surface area contributed by atoms with Crippen LogP contribution in [0.2, 0.25) is 0 Å². The first kappa shape index (κ1) is 13.7. The van der Waals surface area contributed by atoms with Crippen LogP contribution < -0.4 is 5.32 Å². The van der Waals surface area contributed by atoms with E-state index in [1.807, 2.05) is 13.8 Å². The van der Waals surface area contributed by atoms with E-state index >= 15 is 0 Å². The highest BCUT2D eigenvalue weighted by molar-refractivity contribution is 5.72. The molecule has 2 N–H and O–H groups in total. The number of carbonyl (C=O) groups is 2. The van der Waals surface area contributed by atoms with Crippen molar-refractivity contribution in [3.05, 3.63) is 0 Å². The van der Waals surface area contributed by atoms with E-state index in [1.54, 1.807) is 6.92 Å². The number of carboxylic acids is 1. The van der Waals surface area contributed by atoms with Gasteiger partial charge in [-0.3, -0.25) is 4.79 Å². The average Bonchev–Trinajstić information content (AvgIpc) is 2.11. The maximum atomic E-state index is 10.9. The van der Waals surface area contributed by atoms with Crippen molar-refractivity contribution >= 4 is 12.1 Å².